The fraction of sp³-hybridized carbons (Fsp3) is 0.179. The summed E-state index contributed by atoms with van der Waals surface area (Å²) in [5.74, 6) is 5.82. The summed E-state index contributed by atoms with van der Waals surface area (Å²) in [5, 5.41) is 0. The van der Waals surface area contributed by atoms with Crippen LogP contribution in [0.3, 0.4) is 0 Å². The Morgan fingerprint density at radius 2 is 1.43 bits per heavy atom. The molecular weight excluding hydrogens is 364 g/mol. The summed E-state index contributed by atoms with van der Waals surface area (Å²) in [6, 6.07) is 16.5. The third-order valence-electron chi connectivity index (χ3n) is 4.93. The molecule has 0 aliphatic heterocycles. The average Bonchev–Trinajstić information content (AvgIpc) is 3.23. The maximum absolute atomic E-state index is 8.01. The third kappa shape index (κ3) is 4.21. The van der Waals surface area contributed by atoms with E-state index >= 15 is 0 Å². The van der Waals surface area contributed by atoms with Crippen molar-refractivity contribution in [1.29, 1.82) is 0 Å². The van der Waals surface area contributed by atoms with E-state index in [4.69, 9.17) is 8.22 Å². The number of hydrogen-bond donors (Lipinski definition) is 0. The molecule has 0 saturated carbocycles. The molecule has 0 unspecified atom stereocenters. The van der Waals surface area contributed by atoms with Gasteiger partial charge in [0.25, 0.3) is 0 Å². The molecule has 4 aromatic rings. The van der Waals surface area contributed by atoms with Crippen LogP contribution in [-0.2, 0) is 7.05 Å². The predicted molar refractivity (Wildman–Crippen MR) is 125 cm³/mol. The summed E-state index contributed by atoms with van der Waals surface area (Å²) in [6.45, 7) is -0.849. The molecule has 3 aromatic carbocycles. The number of aryl methyl sites for hydroxylation is 4. The lowest BCUT2D eigenvalue weighted by molar-refractivity contribution is -0.670. The maximum atomic E-state index is 8.01. The second-order valence-corrected chi connectivity index (χ2v) is 7.52. The van der Waals surface area contributed by atoms with Gasteiger partial charge in [-0.05, 0) is 96.8 Å². The van der Waals surface area contributed by atoms with Crippen molar-refractivity contribution in [3.8, 4) is 39.8 Å². The van der Waals surface area contributed by atoms with Crippen LogP contribution in [0.2, 0.25) is 0 Å². The Hall–Kier alpha value is -3.57. The monoisotopic (exact) mass is 397 g/mol. The molecule has 0 fully saturated rings. The first kappa shape index (κ1) is 13.6. The van der Waals surface area contributed by atoms with Gasteiger partial charge in [-0.1, -0.05) is 30.2 Å². The Morgan fingerprint density at radius 3 is 2.07 bits per heavy atom. The molecule has 2 heteroatoms. The van der Waals surface area contributed by atoms with E-state index in [2.05, 4.69) is 11.8 Å². The van der Waals surface area contributed by atoms with Crippen molar-refractivity contribution < 1.29 is 12.8 Å². The first-order valence-electron chi connectivity index (χ1n) is 12.7. The van der Waals surface area contributed by atoms with Gasteiger partial charge >= 0.3 is 0 Å². The van der Waals surface area contributed by atoms with Crippen LogP contribution in [0.15, 0.2) is 73.3 Å². The zero-order valence-corrected chi connectivity index (χ0v) is 17.3. The standard InChI is InChI=1S/C28H27N2/c1-6-7-23-10-20(2)11-24(16-23)25-12-21(3)13-26(17-25)27-14-22(4)15-28(18-27)30-9-8-29(5)19-30/h8-19H,1-5H3/q+1/i2D3,4D3. The first-order chi connectivity index (χ1) is 16.8. The van der Waals surface area contributed by atoms with Crippen molar-refractivity contribution in [1.82, 2.24) is 4.57 Å². The van der Waals surface area contributed by atoms with Crippen LogP contribution in [0.4, 0.5) is 0 Å². The summed E-state index contributed by atoms with van der Waals surface area (Å²) in [5.41, 5.74) is 6.02. The number of hydrogen-bond acceptors (Lipinski definition) is 0. The minimum absolute atomic E-state index is 0.230. The lowest BCUT2D eigenvalue weighted by Crippen LogP contribution is -2.23. The molecule has 2 nitrogen and oxygen atoms in total. The Morgan fingerprint density at radius 1 is 0.800 bits per heavy atom. The van der Waals surface area contributed by atoms with Gasteiger partial charge in [0.1, 0.15) is 18.1 Å². The van der Waals surface area contributed by atoms with Crippen LogP contribution in [0.1, 0.15) is 37.4 Å². The Balaban J connectivity index is 1.91. The van der Waals surface area contributed by atoms with Crippen molar-refractivity contribution in [2.24, 2.45) is 7.05 Å². The third-order valence-corrected chi connectivity index (χ3v) is 4.93. The molecule has 148 valence electrons. The van der Waals surface area contributed by atoms with E-state index in [1.165, 1.54) is 0 Å². The van der Waals surface area contributed by atoms with Crippen LogP contribution in [0.25, 0.3) is 27.9 Å². The normalized spacial score (nSPS) is 14.4. The predicted octanol–water partition coefficient (Wildman–Crippen LogP) is 5.93. The minimum Gasteiger partial charge on any atom is -0.239 e. The van der Waals surface area contributed by atoms with Gasteiger partial charge in [-0.25, -0.2) is 9.13 Å². The van der Waals surface area contributed by atoms with E-state index in [1.807, 2.05) is 72.2 Å². The van der Waals surface area contributed by atoms with Crippen LogP contribution >= 0.6 is 0 Å². The van der Waals surface area contributed by atoms with Gasteiger partial charge in [0.05, 0.1) is 7.05 Å². The highest BCUT2D eigenvalue weighted by atomic mass is 15.1. The molecule has 0 amide bonds. The van der Waals surface area contributed by atoms with Crippen LogP contribution < -0.4 is 4.57 Å². The van der Waals surface area contributed by atoms with Crippen LogP contribution in [0.5, 0.6) is 0 Å². The van der Waals surface area contributed by atoms with Gasteiger partial charge in [-0.2, -0.15) is 0 Å². The summed E-state index contributed by atoms with van der Waals surface area (Å²) < 4.78 is 51.5. The quantitative estimate of drug-likeness (QED) is 0.299. The van der Waals surface area contributed by atoms with E-state index in [0.717, 1.165) is 33.5 Å². The van der Waals surface area contributed by atoms with E-state index in [0.29, 0.717) is 5.56 Å². The molecule has 0 saturated heterocycles. The molecule has 0 atom stereocenters. The fourth-order valence-electron chi connectivity index (χ4n) is 3.66. The number of aromatic nitrogens is 2. The van der Waals surface area contributed by atoms with Gasteiger partial charge in [-0.15, -0.1) is 5.92 Å². The van der Waals surface area contributed by atoms with Crippen LogP contribution in [0, 0.1) is 32.5 Å². The first-order valence-corrected chi connectivity index (χ1v) is 9.73. The second-order valence-electron chi connectivity index (χ2n) is 7.52. The minimum atomic E-state index is -2.27. The summed E-state index contributed by atoms with van der Waals surface area (Å²) in [7, 11) is 1.91. The topological polar surface area (TPSA) is 8.81 Å². The Labute approximate surface area is 187 Å². The largest absolute Gasteiger partial charge is 0.248 e. The molecule has 1 aromatic heterocycles. The lowest BCUT2D eigenvalue weighted by Gasteiger charge is -2.11. The summed E-state index contributed by atoms with van der Waals surface area (Å²) in [4.78, 5) is 0. The smallest absolute Gasteiger partial charge is 0.239 e. The molecule has 0 N–H and O–H groups in total. The highest BCUT2D eigenvalue weighted by Crippen LogP contribution is 2.31. The Kier molecular flexibility index (Phi) is 3.65. The van der Waals surface area contributed by atoms with Gasteiger partial charge in [0.2, 0.25) is 6.33 Å². The number of rotatable bonds is 3. The van der Waals surface area contributed by atoms with E-state index in [-0.39, 0.29) is 11.1 Å². The molecule has 30 heavy (non-hydrogen) atoms. The molecular formula is C28H27N2+. The number of benzene rings is 3. The van der Waals surface area contributed by atoms with E-state index in [1.54, 1.807) is 31.2 Å². The van der Waals surface area contributed by atoms with Crippen LogP contribution in [-0.4, -0.2) is 4.57 Å². The summed E-state index contributed by atoms with van der Waals surface area (Å²) in [6.07, 6.45) is 5.64. The molecule has 0 aliphatic carbocycles. The molecule has 1 heterocycles. The fourth-order valence-corrected chi connectivity index (χ4v) is 3.66. The molecule has 0 radical (unpaired) electrons. The molecule has 0 bridgehead atoms. The highest BCUT2D eigenvalue weighted by Gasteiger charge is 2.10. The van der Waals surface area contributed by atoms with Crippen molar-refractivity contribution in [3.63, 3.8) is 0 Å². The van der Waals surface area contributed by atoms with Gasteiger partial charge in [0, 0.05) is 13.8 Å². The lowest BCUT2D eigenvalue weighted by atomic mass is 9.94. The van der Waals surface area contributed by atoms with Crippen molar-refractivity contribution >= 4 is 0 Å². The maximum Gasteiger partial charge on any atom is 0.248 e. The van der Waals surface area contributed by atoms with Gasteiger partial charge in [-0.3, -0.25) is 0 Å². The number of imidazole rings is 1. The number of nitrogens with zero attached hydrogens (tertiary/aromatic N) is 2. The zero-order chi connectivity index (χ0) is 26.3. The molecule has 4 rings (SSSR count). The van der Waals surface area contributed by atoms with E-state index < -0.39 is 13.7 Å². The second kappa shape index (κ2) is 8.05. The van der Waals surface area contributed by atoms with Crippen molar-refractivity contribution in [3.05, 3.63) is 95.6 Å². The van der Waals surface area contributed by atoms with Gasteiger partial charge in [0.15, 0.2) is 0 Å². The molecule has 0 spiro atoms. The molecule has 0 aliphatic rings. The average molecular weight is 398 g/mol. The van der Waals surface area contributed by atoms with Crippen molar-refractivity contribution in [2.45, 2.75) is 27.6 Å². The van der Waals surface area contributed by atoms with Gasteiger partial charge < -0.3 is 0 Å². The Bertz CT molecular complexity index is 1500. The zero-order valence-electron chi connectivity index (χ0n) is 23.3. The van der Waals surface area contributed by atoms with Crippen molar-refractivity contribution in [2.75, 3.05) is 0 Å². The van der Waals surface area contributed by atoms with E-state index in [9.17, 15) is 0 Å². The summed E-state index contributed by atoms with van der Waals surface area (Å²) >= 11 is 0. The highest BCUT2D eigenvalue weighted by molar-refractivity contribution is 5.76. The SMILES string of the molecule is [2H]C([2H])([2H])c1cc(C#CC)cc(-c2cc(C)cc(-c3cc(-n4cc[n+](C)c4)cc(C([2H])([2H])[2H])c3)c2)c1.